The van der Waals surface area contributed by atoms with Crippen LogP contribution in [0, 0.1) is 17.2 Å². The average Bonchev–Trinajstić information content (AvgIpc) is 3.31. The number of nitriles is 1. The van der Waals surface area contributed by atoms with Gasteiger partial charge < -0.3 is 19.7 Å². The zero-order chi connectivity index (χ0) is 26.6. The van der Waals surface area contributed by atoms with E-state index in [1.807, 2.05) is 39.0 Å². The second kappa shape index (κ2) is 10.9. The first-order valence-electron chi connectivity index (χ1n) is 12.4. The fraction of sp³-hybridized carbons (Fsp3) is 0.444. The molecule has 1 aliphatic rings. The summed E-state index contributed by atoms with van der Waals surface area (Å²) >= 11 is 0. The molecule has 0 spiro atoms. The van der Waals surface area contributed by atoms with Crippen molar-refractivity contribution in [1.29, 1.82) is 5.26 Å². The van der Waals surface area contributed by atoms with Gasteiger partial charge in [0.05, 0.1) is 37.2 Å². The number of esters is 1. The van der Waals surface area contributed by atoms with E-state index in [1.165, 1.54) is 13.3 Å². The van der Waals surface area contributed by atoms with Crippen LogP contribution in [0.15, 0.2) is 36.8 Å². The Morgan fingerprint density at radius 1 is 1.24 bits per heavy atom. The maximum atomic E-state index is 12.7. The highest BCUT2D eigenvalue weighted by Gasteiger charge is 2.44. The molecule has 3 aromatic rings. The van der Waals surface area contributed by atoms with Crippen LogP contribution in [0.4, 0.5) is 5.82 Å². The van der Waals surface area contributed by atoms with Crippen LogP contribution in [0.5, 0.6) is 5.75 Å². The number of hydrogen-bond acceptors (Lipinski definition) is 8. The van der Waals surface area contributed by atoms with E-state index in [-0.39, 0.29) is 11.8 Å². The number of amides is 1. The van der Waals surface area contributed by atoms with Crippen molar-refractivity contribution in [2.45, 2.75) is 45.6 Å². The van der Waals surface area contributed by atoms with Gasteiger partial charge in [0.2, 0.25) is 5.91 Å². The zero-order valence-electron chi connectivity index (χ0n) is 21.7. The number of fused-ring (bicyclic) bond motifs is 1. The average molecular weight is 505 g/mol. The molecule has 37 heavy (non-hydrogen) atoms. The highest BCUT2D eigenvalue weighted by atomic mass is 16.5. The summed E-state index contributed by atoms with van der Waals surface area (Å²) in [4.78, 5) is 31.9. The van der Waals surface area contributed by atoms with Gasteiger partial charge in [-0.1, -0.05) is 13.8 Å². The first-order valence-corrected chi connectivity index (χ1v) is 12.4. The highest BCUT2D eigenvalue weighted by molar-refractivity contribution is 5.88. The molecule has 10 heteroatoms. The topological polar surface area (TPSA) is 122 Å². The van der Waals surface area contributed by atoms with Crippen molar-refractivity contribution in [1.82, 2.24) is 19.9 Å². The summed E-state index contributed by atoms with van der Waals surface area (Å²) < 4.78 is 12.4. The van der Waals surface area contributed by atoms with Gasteiger partial charge in [-0.25, -0.2) is 14.3 Å². The van der Waals surface area contributed by atoms with Gasteiger partial charge in [-0.3, -0.25) is 4.79 Å². The number of nitrogens with zero attached hydrogens (tertiary/aromatic N) is 5. The Morgan fingerprint density at radius 2 is 2.00 bits per heavy atom. The second-order valence-electron chi connectivity index (χ2n) is 9.60. The minimum atomic E-state index is -1.03. The number of rotatable bonds is 8. The number of piperidine rings is 1. The number of pyridine rings is 2. The molecule has 0 bridgehead atoms. The largest absolute Gasteiger partial charge is 0.492 e. The summed E-state index contributed by atoms with van der Waals surface area (Å²) in [7, 11) is 1.35. The van der Waals surface area contributed by atoms with Crippen molar-refractivity contribution in [2.24, 2.45) is 5.92 Å². The second-order valence-corrected chi connectivity index (χ2v) is 9.60. The normalized spacial score (nSPS) is 14.9. The summed E-state index contributed by atoms with van der Waals surface area (Å²) in [5.74, 6) is 1.05. The number of aromatic nitrogens is 3. The summed E-state index contributed by atoms with van der Waals surface area (Å²) in [5.41, 5.74) is 1.76. The summed E-state index contributed by atoms with van der Waals surface area (Å²) in [6, 6.07) is 7.96. The fourth-order valence-electron chi connectivity index (χ4n) is 4.76. The third kappa shape index (κ3) is 5.35. The molecule has 0 radical (unpaired) electrons. The van der Waals surface area contributed by atoms with Crippen molar-refractivity contribution in [3.8, 4) is 22.9 Å². The van der Waals surface area contributed by atoms with Crippen molar-refractivity contribution < 1.29 is 19.1 Å². The first-order chi connectivity index (χ1) is 17.8. The lowest BCUT2D eigenvalue weighted by molar-refractivity contribution is -0.152. The quantitative estimate of drug-likeness (QED) is 0.464. The van der Waals surface area contributed by atoms with Crippen LogP contribution >= 0.6 is 0 Å². The number of nitrogens with one attached hydrogen (secondary N) is 1. The highest BCUT2D eigenvalue weighted by Crippen LogP contribution is 2.32. The predicted molar refractivity (Wildman–Crippen MR) is 138 cm³/mol. The van der Waals surface area contributed by atoms with Gasteiger partial charge in [0.15, 0.2) is 0 Å². The molecule has 0 aliphatic carbocycles. The third-order valence-electron chi connectivity index (χ3n) is 6.57. The SMILES string of the molecule is CCOc1cc(-c2ccc(N3CCC(NC(=O)CC(C)C)(C(=O)OC)CC3)nc2)c2c(C#N)cnn2c1. The van der Waals surface area contributed by atoms with Gasteiger partial charge in [-0.05, 0) is 43.9 Å². The monoisotopic (exact) mass is 504 g/mol. The van der Waals surface area contributed by atoms with E-state index in [9.17, 15) is 14.9 Å². The molecule has 1 aliphatic heterocycles. The minimum absolute atomic E-state index is 0.145. The molecule has 3 aromatic heterocycles. The van der Waals surface area contributed by atoms with Crippen LogP contribution in [0.1, 0.15) is 45.6 Å². The zero-order valence-corrected chi connectivity index (χ0v) is 21.7. The minimum Gasteiger partial charge on any atom is -0.492 e. The summed E-state index contributed by atoms with van der Waals surface area (Å²) in [6.45, 7) is 7.42. The summed E-state index contributed by atoms with van der Waals surface area (Å²) in [6.07, 6.45) is 6.26. The van der Waals surface area contributed by atoms with Gasteiger partial charge in [0.25, 0.3) is 0 Å². The maximum absolute atomic E-state index is 12.7. The third-order valence-corrected chi connectivity index (χ3v) is 6.57. The molecule has 0 aromatic carbocycles. The van der Waals surface area contributed by atoms with Crippen LogP contribution in [0.2, 0.25) is 0 Å². The van der Waals surface area contributed by atoms with Gasteiger partial charge in [-0.2, -0.15) is 10.4 Å². The molecule has 1 saturated heterocycles. The number of ether oxygens (including phenoxy) is 2. The van der Waals surface area contributed by atoms with Crippen LogP contribution < -0.4 is 15.0 Å². The molecular formula is C27H32N6O4. The van der Waals surface area contributed by atoms with E-state index in [2.05, 4.69) is 26.4 Å². The standard InChI is InChI=1S/C27H32N6O4/c1-5-37-21-13-22(25-20(14-28)16-30-33(25)17-21)19-6-7-23(29-15-19)32-10-8-27(9-11-32,26(35)36-4)31-24(34)12-18(2)3/h6-7,13,15-18H,5,8-12H2,1-4H3,(H,31,34). The van der Waals surface area contributed by atoms with Gasteiger partial charge in [0, 0.05) is 36.8 Å². The van der Waals surface area contributed by atoms with Crippen molar-refractivity contribution in [2.75, 3.05) is 31.7 Å². The lowest BCUT2D eigenvalue weighted by Gasteiger charge is -2.40. The van der Waals surface area contributed by atoms with Crippen molar-refractivity contribution >= 4 is 23.2 Å². The van der Waals surface area contributed by atoms with Crippen LogP contribution in [-0.2, 0) is 14.3 Å². The molecule has 1 fully saturated rings. The number of carbonyl (C=O) groups is 2. The molecule has 0 atom stereocenters. The Kier molecular flexibility index (Phi) is 7.62. The molecule has 4 rings (SSSR count). The Bertz CT molecular complexity index is 1320. The molecule has 4 heterocycles. The number of hydrogen-bond donors (Lipinski definition) is 1. The Morgan fingerprint density at radius 3 is 2.59 bits per heavy atom. The van der Waals surface area contributed by atoms with E-state index in [0.717, 1.165) is 16.9 Å². The number of methoxy groups -OCH3 is 1. The van der Waals surface area contributed by atoms with E-state index in [4.69, 9.17) is 9.47 Å². The first kappa shape index (κ1) is 25.9. The molecular weight excluding hydrogens is 472 g/mol. The summed E-state index contributed by atoms with van der Waals surface area (Å²) in [5, 5.41) is 16.8. The van der Waals surface area contributed by atoms with E-state index in [0.29, 0.717) is 55.8 Å². The van der Waals surface area contributed by atoms with Crippen LogP contribution in [0.3, 0.4) is 0 Å². The predicted octanol–water partition coefficient (Wildman–Crippen LogP) is 3.34. The number of carbonyl (C=O) groups excluding carboxylic acids is 2. The number of anilines is 1. The molecule has 0 saturated carbocycles. The molecule has 1 N–H and O–H groups in total. The molecule has 194 valence electrons. The van der Waals surface area contributed by atoms with E-state index in [1.54, 1.807) is 16.9 Å². The van der Waals surface area contributed by atoms with E-state index >= 15 is 0 Å². The van der Waals surface area contributed by atoms with Crippen molar-refractivity contribution in [3.63, 3.8) is 0 Å². The lowest BCUT2D eigenvalue weighted by Crippen LogP contribution is -2.60. The van der Waals surface area contributed by atoms with Gasteiger partial charge in [0.1, 0.15) is 23.2 Å². The molecule has 1 amide bonds. The maximum Gasteiger partial charge on any atom is 0.331 e. The smallest absolute Gasteiger partial charge is 0.331 e. The molecule has 10 nitrogen and oxygen atoms in total. The Balaban J connectivity index is 1.55. The fourth-order valence-corrected chi connectivity index (χ4v) is 4.76. The van der Waals surface area contributed by atoms with Crippen LogP contribution in [0.25, 0.3) is 16.6 Å². The van der Waals surface area contributed by atoms with Gasteiger partial charge in [-0.15, -0.1) is 0 Å². The van der Waals surface area contributed by atoms with Crippen molar-refractivity contribution in [3.05, 3.63) is 42.4 Å². The van der Waals surface area contributed by atoms with Gasteiger partial charge >= 0.3 is 5.97 Å². The Labute approximate surface area is 216 Å². The lowest BCUT2D eigenvalue weighted by atomic mass is 9.87. The van der Waals surface area contributed by atoms with Crippen LogP contribution in [-0.4, -0.2) is 58.8 Å². The Hall–Kier alpha value is -4.13. The van der Waals surface area contributed by atoms with E-state index < -0.39 is 11.5 Å². The molecule has 0 unspecified atom stereocenters.